The molecule has 1 aromatic heterocycles. The van der Waals surface area contributed by atoms with E-state index in [0.29, 0.717) is 19.6 Å². The van der Waals surface area contributed by atoms with Gasteiger partial charge in [-0.05, 0) is 37.8 Å². The molecule has 0 spiro atoms. The molecule has 2 amide bonds. The van der Waals surface area contributed by atoms with Crippen LogP contribution in [-0.2, 0) is 11.3 Å². The van der Waals surface area contributed by atoms with Crippen molar-refractivity contribution < 1.29 is 18.4 Å². The molecule has 1 aliphatic carbocycles. The summed E-state index contributed by atoms with van der Waals surface area (Å²) in [5.74, 6) is -2.03. The van der Waals surface area contributed by atoms with Gasteiger partial charge in [0.15, 0.2) is 0 Å². The van der Waals surface area contributed by atoms with Crippen molar-refractivity contribution in [3.05, 3.63) is 51.5 Å². The second-order valence-corrected chi connectivity index (χ2v) is 8.60. The molecule has 0 bridgehead atoms. The maximum atomic E-state index is 14.0. The van der Waals surface area contributed by atoms with Crippen LogP contribution in [0.2, 0.25) is 0 Å². The number of aromatic nitrogens is 1. The lowest BCUT2D eigenvalue weighted by Gasteiger charge is -2.32. The van der Waals surface area contributed by atoms with Crippen molar-refractivity contribution >= 4 is 23.2 Å². The highest BCUT2D eigenvalue weighted by Gasteiger charge is 2.30. The number of carbonyl (C=O) groups is 2. The molecule has 1 atom stereocenters. The summed E-state index contributed by atoms with van der Waals surface area (Å²) < 4.78 is 28.0. The quantitative estimate of drug-likeness (QED) is 0.801. The SMILES string of the molecule is O=C(NCc1csc([C@@H]2CCCN(C(=O)c3c(F)cccc3F)C2)n1)C1CCC1. The number of hydrogen-bond acceptors (Lipinski definition) is 4. The summed E-state index contributed by atoms with van der Waals surface area (Å²) in [4.78, 5) is 30.8. The minimum atomic E-state index is -0.837. The Balaban J connectivity index is 1.39. The van der Waals surface area contributed by atoms with Crippen LogP contribution >= 0.6 is 11.3 Å². The van der Waals surface area contributed by atoms with Gasteiger partial charge in [-0.2, -0.15) is 0 Å². The summed E-state index contributed by atoms with van der Waals surface area (Å²) in [6, 6.07) is 3.45. The van der Waals surface area contributed by atoms with E-state index in [1.54, 1.807) is 0 Å². The highest BCUT2D eigenvalue weighted by Crippen LogP contribution is 2.31. The topological polar surface area (TPSA) is 62.3 Å². The number of hydrogen-bond donors (Lipinski definition) is 1. The minimum Gasteiger partial charge on any atom is -0.350 e. The van der Waals surface area contributed by atoms with Gasteiger partial charge in [-0.15, -0.1) is 11.3 Å². The fourth-order valence-corrected chi connectivity index (χ4v) is 4.75. The van der Waals surface area contributed by atoms with Gasteiger partial charge < -0.3 is 10.2 Å². The van der Waals surface area contributed by atoms with Gasteiger partial charge in [0, 0.05) is 30.3 Å². The molecular formula is C21H23F2N3O2S. The third-order valence-electron chi connectivity index (χ3n) is 5.72. The van der Waals surface area contributed by atoms with Crippen LogP contribution in [0.1, 0.15) is 59.1 Å². The van der Waals surface area contributed by atoms with Crippen molar-refractivity contribution in [3.8, 4) is 0 Å². The summed E-state index contributed by atoms with van der Waals surface area (Å²) in [7, 11) is 0. The van der Waals surface area contributed by atoms with E-state index in [-0.39, 0.29) is 17.7 Å². The predicted molar refractivity (Wildman–Crippen MR) is 106 cm³/mol. The van der Waals surface area contributed by atoms with Gasteiger partial charge in [0.2, 0.25) is 5.91 Å². The minimum absolute atomic E-state index is 0.0311. The van der Waals surface area contributed by atoms with Crippen LogP contribution in [0.5, 0.6) is 0 Å². The number of halogens is 2. The zero-order valence-corrected chi connectivity index (χ0v) is 16.8. The average Bonchev–Trinajstić information content (AvgIpc) is 3.14. The van der Waals surface area contributed by atoms with E-state index >= 15 is 0 Å². The smallest absolute Gasteiger partial charge is 0.259 e. The molecule has 0 unspecified atom stereocenters. The number of nitrogens with one attached hydrogen (secondary N) is 1. The van der Waals surface area contributed by atoms with Crippen molar-refractivity contribution in [2.24, 2.45) is 5.92 Å². The van der Waals surface area contributed by atoms with Crippen LogP contribution < -0.4 is 5.32 Å². The molecular weight excluding hydrogens is 396 g/mol. The van der Waals surface area contributed by atoms with Crippen LogP contribution in [0, 0.1) is 17.6 Å². The second-order valence-electron chi connectivity index (χ2n) is 7.71. The van der Waals surface area contributed by atoms with Gasteiger partial charge in [-0.3, -0.25) is 9.59 Å². The molecule has 1 N–H and O–H groups in total. The lowest BCUT2D eigenvalue weighted by atomic mass is 9.85. The van der Waals surface area contributed by atoms with Crippen LogP contribution in [-0.4, -0.2) is 34.8 Å². The molecule has 2 fully saturated rings. The lowest BCUT2D eigenvalue weighted by Crippen LogP contribution is -2.39. The highest BCUT2D eigenvalue weighted by atomic mass is 32.1. The number of likely N-dealkylation sites (tertiary alicyclic amines) is 1. The summed E-state index contributed by atoms with van der Waals surface area (Å²) in [5.41, 5.74) is 0.313. The summed E-state index contributed by atoms with van der Waals surface area (Å²) in [6.07, 6.45) is 4.66. The molecule has 0 radical (unpaired) electrons. The molecule has 5 nitrogen and oxygen atoms in total. The van der Waals surface area contributed by atoms with Gasteiger partial charge in [-0.25, -0.2) is 13.8 Å². The Labute approximate surface area is 172 Å². The first-order valence-electron chi connectivity index (χ1n) is 9.98. The summed E-state index contributed by atoms with van der Waals surface area (Å²) in [6.45, 7) is 1.26. The molecule has 154 valence electrons. The summed E-state index contributed by atoms with van der Waals surface area (Å²) in [5, 5.41) is 5.75. The molecule has 1 aliphatic heterocycles. The number of rotatable bonds is 5. The number of carbonyl (C=O) groups excluding carboxylic acids is 2. The molecule has 2 aliphatic rings. The Morgan fingerprint density at radius 2 is 1.93 bits per heavy atom. The molecule has 2 heterocycles. The molecule has 4 rings (SSSR count). The first kappa shape index (κ1) is 19.9. The molecule has 2 aromatic rings. The van der Waals surface area contributed by atoms with Crippen LogP contribution in [0.3, 0.4) is 0 Å². The Bertz CT molecular complexity index is 893. The summed E-state index contributed by atoms with van der Waals surface area (Å²) >= 11 is 1.50. The highest BCUT2D eigenvalue weighted by molar-refractivity contribution is 7.09. The molecule has 1 saturated carbocycles. The van der Waals surface area contributed by atoms with Crippen LogP contribution in [0.25, 0.3) is 0 Å². The van der Waals surface area contributed by atoms with Crippen molar-refractivity contribution in [1.82, 2.24) is 15.2 Å². The fourth-order valence-electron chi connectivity index (χ4n) is 3.81. The maximum Gasteiger partial charge on any atom is 0.259 e. The Morgan fingerprint density at radius 3 is 2.62 bits per heavy atom. The van der Waals surface area contributed by atoms with E-state index in [0.717, 1.165) is 54.9 Å². The zero-order chi connectivity index (χ0) is 20.4. The standard InChI is InChI=1S/C21H23F2N3O2S/c22-16-7-2-8-17(23)18(16)21(28)26-9-3-6-14(11-26)20-25-15(12-29-20)10-24-19(27)13-4-1-5-13/h2,7-8,12-14H,1,3-6,9-11H2,(H,24,27)/t14-/m1/s1. The lowest BCUT2D eigenvalue weighted by molar-refractivity contribution is -0.127. The number of piperidine rings is 1. The molecule has 8 heteroatoms. The number of thiazole rings is 1. The van der Waals surface area contributed by atoms with E-state index in [9.17, 15) is 18.4 Å². The normalized spacial score (nSPS) is 19.7. The molecule has 29 heavy (non-hydrogen) atoms. The van der Waals surface area contributed by atoms with Gasteiger partial charge in [0.05, 0.1) is 17.2 Å². The first-order valence-corrected chi connectivity index (χ1v) is 10.9. The zero-order valence-electron chi connectivity index (χ0n) is 16.0. The maximum absolute atomic E-state index is 14.0. The van der Waals surface area contributed by atoms with Gasteiger partial charge >= 0.3 is 0 Å². The Hall–Kier alpha value is -2.35. The average molecular weight is 419 g/mol. The van der Waals surface area contributed by atoms with Gasteiger partial charge in [0.1, 0.15) is 17.2 Å². The number of nitrogens with zero attached hydrogens (tertiary/aromatic N) is 2. The third kappa shape index (κ3) is 4.32. The molecule has 1 saturated heterocycles. The van der Waals surface area contributed by atoms with E-state index in [2.05, 4.69) is 10.3 Å². The number of benzene rings is 1. The van der Waals surface area contributed by atoms with E-state index < -0.39 is 23.1 Å². The third-order valence-corrected chi connectivity index (χ3v) is 6.78. The van der Waals surface area contributed by atoms with Crippen LogP contribution in [0.15, 0.2) is 23.6 Å². The molecule has 1 aromatic carbocycles. The second kappa shape index (κ2) is 8.57. The van der Waals surface area contributed by atoms with Crippen LogP contribution in [0.4, 0.5) is 8.78 Å². The van der Waals surface area contributed by atoms with E-state index in [4.69, 9.17) is 0 Å². The van der Waals surface area contributed by atoms with Crippen molar-refractivity contribution in [3.63, 3.8) is 0 Å². The van der Waals surface area contributed by atoms with Crippen molar-refractivity contribution in [1.29, 1.82) is 0 Å². The fraction of sp³-hybridized carbons (Fsp3) is 0.476. The predicted octanol–water partition coefficient (Wildman–Crippen LogP) is 3.86. The van der Waals surface area contributed by atoms with Crippen molar-refractivity contribution in [2.75, 3.05) is 13.1 Å². The monoisotopic (exact) mass is 419 g/mol. The Morgan fingerprint density at radius 1 is 1.17 bits per heavy atom. The van der Waals surface area contributed by atoms with Crippen molar-refractivity contribution in [2.45, 2.75) is 44.6 Å². The largest absolute Gasteiger partial charge is 0.350 e. The Kier molecular flexibility index (Phi) is 5.89. The first-order chi connectivity index (χ1) is 14.0. The van der Waals surface area contributed by atoms with E-state index in [1.807, 2.05) is 5.38 Å². The van der Waals surface area contributed by atoms with Gasteiger partial charge in [0.25, 0.3) is 5.91 Å². The van der Waals surface area contributed by atoms with Gasteiger partial charge in [-0.1, -0.05) is 12.5 Å². The number of amides is 2. The van der Waals surface area contributed by atoms with E-state index in [1.165, 1.54) is 22.3 Å².